The van der Waals surface area contributed by atoms with Crippen LogP contribution in [0.5, 0.6) is 0 Å². The topological polar surface area (TPSA) is 68.0 Å². The molecular weight excluding hydrogens is 266 g/mol. The van der Waals surface area contributed by atoms with Crippen LogP contribution in [0.3, 0.4) is 0 Å². The number of rotatable bonds is 4. The summed E-state index contributed by atoms with van der Waals surface area (Å²) < 4.78 is 0. The number of amides is 1. The van der Waals surface area contributed by atoms with E-state index in [1.165, 1.54) is 11.3 Å². The van der Waals surface area contributed by atoms with Crippen LogP contribution in [0.15, 0.2) is 11.6 Å². The molecule has 1 unspecified atom stereocenters. The Bertz CT molecular complexity index is 452. The van der Waals surface area contributed by atoms with Crippen molar-refractivity contribution < 1.29 is 4.79 Å². The third-order valence-corrected chi connectivity index (χ3v) is 4.82. The van der Waals surface area contributed by atoms with E-state index in [1.54, 1.807) is 6.20 Å². The Morgan fingerprint density at radius 2 is 2.39 bits per heavy atom. The van der Waals surface area contributed by atoms with E-state index in [9.17, 15) is 4.79 Å². The van der Waals surface area contributed by atoms with Crippen molar-refractivity contribution in [3.63, 3.8) is 0 Å². The third-order valence-electron chi connectivity index (χ3n) is 3.47. The molecule has 98 valence electrons. The molecule has 1 aromatic rings. The zero-order chi connectivity index (χ0) is 13.3. The van der Waals surface area contributed by atoms with Gasteiger partial charge in [0.15, 0.2) is 0 Å². The van der Waals surface area contributed by atoms with Crippen LogP contribution < -0.4 is 11.1 Å². The van der Waals surface area contributed by atoms with Crippen molar-refractivity contribution in [2.45, 2.75) is 32.7 Å². The molecule has 0 aromatic carbocycles. The first-order valence-electron chi connectivity index (χ1n) is 5.96. The van der Waals surface area contributed by atoms with Crippen LogP contribution in [0.4, 0.5) is 0 Å². The molecule has 4 nitrogen and oxygen atoms in total. The SMILES string of the molecule is CC1CC(C(=O)NC(C)c2nccs2)(C(N)=S)C1. The maximum absolute atomic E-state index is 12.3. The van der Waals surface area contributed by atoms with Gasteiger partial charge in [-0.1, -0.05) is 19.1 Å². The fraction of sp³-hybridized carbons (Fsp3) is 0.583. The summed E-state index contributed by atoms with van der Waals surface area (Å²) in [4.78, 5) is 16.8. The smallest absolute Gasteiger partial charge is 0.233 e. The van der Waals surface area contributed by atoms with Crippen molar-refractivity contribution in [2.24, 2.45) is 17.1 Å². The van der Waals surface area contributed by atoms with Gasteiger partial charge in [-0.05, 0) is 25.7 Å². The molecule has 18 heavy (non-hydrogen) atoms. The van der Waals surface area contributed by atoms with Gasteiger partial charge in [0.1, 0.15) is 5.01 Å². The zero-order valence-electron chi connectivity index (χ0n) is 10.5. The fourth-order valence-electron chi connectivity index (χ4n) is 2.47. The van der Waals surface area contributed by atoms with Crippen molar-refractivity contribution in [2.75, 3.05) is 0 Å². The lowest BCUT2D eigenvalue weighted by Crippen LogP contribution is -2.56. The molecule has 2 rings (SSSR count). The molecule has 1 aliphatic rings. The molecule has 0 radical (unpaired) electrons. The van der Waals surface area contributed by atoms with E-state index in [0.717, 1.165) is 17.8 Å². The second kappa shape index (κ2) is 4.93. The predicted octanol–water partition coefficient (Wildman–Crippen LogP) is 2.02. The van der Waals surface area contributed by atoms with Gasteiger partial charge in [-0.15, -0.1) is 11.3 Å². The lowest BCUT2D eigenvalue weighted by atomic mass is 9.62. The van der Waals surface area contributed by atoms with E-state index in [1.807, 2.05) is 12.3 Å². The van der Waals surface area contributed by atoms with E-state index in [0.29, 0.717) is 10.9 Å². The lowest BCUT2D eigenvalue weighted by molar-refractivity contribution is -0.133. The normalized spacial score (nSPS) is 28.2. The van der Waals surface area contributed by atoms with Gasteiger partial charge < -0.3 is 11.1 Å². The average Bonchev–Trinajstić information content (AvgIpc) is 2.76. The molecule has 0 saturated heterocycles. The molecule has 0 spiro atoms. The summed E-state index contributed by atoms with van der Waals surface area (Å²) in [5.74, 6) is 0.447. The summed E-state index contributed by atoms with van der Waals surface area (Å²) >= 11 is 6.60. The van der Waals surface area contributed by atoms with E-state index in [-0.39, 0.29) is 11.9 Å². The maximum Gasteiger partial charge on any atom is 0.233 e. The summed E-state index contributed by atoms with van der Waals surface area (Å²) in [6, 6.07) is -0.0976. The van der Waals surface area contributed by atoms with Gasteiger partial charge in [-0.3, -0.25) is 4.79 Å². The Kier molecular flexibility index (Phi) is 3.68. The standard InChI is InChI=1S/C12H17N3OS2/c1-7-5-12(6-7,10(13)17)11(16)15-8(2)9-14-3-4-18-9/h3-4,7-8H,5-6H2,1-2H3,(H2,13,17)(H,15,16). The summed E-state index contributed by atoms with van der Waals surface area (Å²) in [5, 5.41) is 5.76. The van der Waals surface area contributed by atoms with Gasteiger partial charge in [0.05, 0.1) is 16.4 Å². The molecule has 3 N–H and O–H groups in total. The summed E-state index contributed by atoms with van der Waals surface area (Å²) in [5.41, 5.74) is 5.11. The molecule has 1 atom stereocenters. The van der Waals surface area contributed by atoms with Crippen molar-refractivity contribution in [1.82, 2.24) is 10.3 Å². The molecule has 1 heterocycles. The number of carbonyl (C=O) groups excluding carboxylic acids is 1. The molecule has 0 aliphatic heterocycles. The molecular formula is C12H17N3OS2. The highest BCUT2D eigenvalue weighted by atomic mass is 32.1. The number of carbonyl (C=O) groups is 1. The minimum Gasteiger partial charge on any atom is -0.392 e. The second-order valence-corrected chi connectivity index (χ2v) is 6.39. The summed E-state index contributed by atoms with van der Waals surface area (Å²) in [6.07, 6.45) is 3.23. The van der Waals surface area contributed by atoms with E-state index in [4.69, 9.17) is 18.0 Å². The number of hydrogen-bond donors (Lipinski definition) is 2. The number of nitrogens with zero attached hydrogens (tertiary/aromatic N) is 1. The Balaban J connectivity index is 2.05. The predicted molar refractivity (Wildman–Crippen MR) is 76.3 cm³/mol. The van der Waals surface area contributed by atoms with Crippen LogP contribution in [-0.2, 0) is 4.79 Å². The first kappa shape index (κ1) is 13.4. The van der Waals surface area contributed by atoms with Crippen LogP contribution in [0.1, 0.15) is 37.7 Å². The van der Waals surface area contributed by atoms with Crippen molar-refractivity contribution in [3.05, 3.63) is 16.6 Å². The van der Waals surface area contributed by atoms with E-state index < -0.39 is 5.41 Å². The van der Waals surface area contributed by atoms with Crippen molar-refractivity contribution in [3.8, 4) is 0 Å². The fourth-order valence-corrected chi connectivity index (χ4v) is 3.38. The Labute approximate surface area is 116 Å². The van der Waals surface area contributed by atoms with Crippen molar-refractivity contribution in [1.29, 1.82) is 0 Å². The average molecular weight is 283 g/mol. The molecule has 6 heteroatoms. The number of nitrogens with one attached hydrogen (secondary N) is 1. The second-order valence-electron chi connectivity index (χ2n) is 5.03. The molecule has 1 fully saturated rings. The Morgan fingerprint density at radius 3 is 2.83 bits per heavy atom. The molecule has 0 bridgehead atoms. The van der Waals surface area contributed by atoms with Gasteiger partial charge in [0.25, 0.3) is 0 Å². The quantitative estimate of drug-likeness (QED) is 0.830. The van der Waals surface area contributed by atoms with E-state index >= 15 is 0 Å². The number of thiocarbonyl (C=S) groups is 1. The number of thiazole rings is 1. The highest BCUT2D eigenvalue weighted by Crippen LogP contribution is 2.46. The van der Waals surface area contributed by atoms with Crippen LogP contribution in [0.2, 0.25) is 0 Å². The number of hydrogen-bond acceptors (Lipinski definition) is 4. The minimum absolute atomic E-state index is 0.0594. The van der Waals surface area contributed by atoms with Gasteiger partial charge in [-0.2, -0.15) is 0 Å². The van der Waals surface area contributed by atoms with Crippen LogP contribution >= 0.6 is 23.6 Å². The molecule has 1 aliphatic carbocycles. The molecule has 1 saturated carbocycles. The van der Waals surface area contributed by atoms with Crippen molar-refractivity contribution >= 4 is 34.5 Å². The van der Waals surface area contributed by atoms with E-state index in [2.05, 4.69) is 17.2 Å². The van der Waals surface area contributed by atoms with Gasteiger partial charge >= 0.3 is 0 Å². The van der Waals surface area contributed by atoms with Crippen LogP contribution in [-0.4, -0.2) is 15.9 Å². The van der Waals surface area contributed by atoms with Gasteiger partial charge in [0.2, 0.25) is 5.91 Å². The Hall–Kier alpha value is -1.01. The number of nitrogens with two attached hydrogens (primary N) is 1. The zero-order valence-corrected chi connectivity index (χ0v) is 12.1. The summed E-state index contributed by atoms with van der Waals surface area (Å²) in [7, 11) is 0. The molecule has 1 aromatic heterocycles. The first-order chi connectivity index (χ1) is 8.45. The monoisotopic (exact) mass is 283 g/mol. The number of aromatic nitrogens is 1. The Morgan fingerprint density at radius 1 is 1.72 bits per heavy atom. The van der Waals surface area contributed by atoms with Gasteiger partial charge in [0, 0.05) is 11.6 Å². The highest BCUT2D eigenvalue weighted by molar-refractivity contribution is 7.80. The first-order valence-corrected chi connectivity index (χ1v) is 7.25. The summed E-state index contributed by atoms with van der Waals surface area (Å²) in [6.45, 7) is 4.03. The third kappa shape index (κ3) is 2.27. The molecule has 1 amide bonds. The minimum atomic E-state index is -0.639. The highest BCUT2D eigenvalue weighted by Gasteiger charge is 2.51. The maximum atomic E-state index is 12.3. The largest absolute Gasteiger partial charge is 0.392 e. The van der Waals surface area contributed by atoms with Crippen LogP contribution in [0.25, 0.3) is 0 Å². The van der Waals surface area contributed by atoms with Crippen LogP contribution in [0, 0.1) is 11.3 Å². The lowest BCUT2D eigenvalue weighted by Gasteiger charge is -2.44. The van der Waals surface area contributed by atoms with Gasteiger partial charge in [-0.25, -0.2) is 4.98 Å².